The van der Waals surface area contributed by atoms with Crippen LogP contribution in [0.4, 0.5) is 11.4 Å². The second-order valence-corrected chi connectivity index (χ2v) is 8.31. The Morgan fingerprint density at radius 3 is 2.13 bits per heavy atom. The van der Waals surface area contributed by atoms with Crippen molar-refractivity contribution in [1.82, 2.24) is 4.90 Å². The number of amides is 3. The molecule has 1 aliphatic carbocycles. The zero-order valence-corrected chi connectivity index (χ0v) is 16.9. The van der Waals surface area contributed by atoms with Crippen LogP contribution in [-0.4, -0.2) is 40.3 Å². The quantitative estimate of drug-likeness (QED) is 0.774. The van der Waals surface area contributed by atoms with E-state index in [-0.39, 0.29) is 23.6 Å². The van der Waals surface area contributed by atoms with Gasteiger partial charge in [-0.25, -0.2) is 0 Å². The van der Waals surface area contributed by atoms with Gasteiger partial charge in [-0.2, -0.15) is 5.26 Å². The van der Waals surface area contributed by atoms with E-state index in [1.165, 1.54) is 11.8 Å². The maximum absolute atomic E-state index is 13.0. The summed E-state index contributed by atoms with van der Waals surface area (Å²) in [5.74, 6) is 0.604. The first-order valence-electron chi connectivity index (χ1n) is 9.66. The minimum atomic E-state index is -0.576. The van der Waals surface area contributed by atoms with Crippen LogP contribution < -0.4 is 10.6 Å². The molecule has 1 saturated carbocycles. The predicted octanol–water partition coefficient (Wildman–Crippen LogP) is 3.06. The van der Waals surface area contributed by atoms with Gasteiger partial charge in [0, 0.05) is 28.6 Å². The highest BCUT2D eigenvalue weighted by Gasteiger charge is 2.35. The summed E-state index contributed by atoms with van der Waals surface area (Å²) in [4.78, 5) is 39.1. The molecule has 0 spiro atoms. The number of hydrogen-bond donors (Lipinski definition) is 2. The Bertz CT molecular complexity index is 1010. The topological polar surface area (TPSA) is 102 Å². The highest BCUT2D eigenvalue weighted by Crippen LogP contribution is 2.30. The Balaban J connectivity index is 1.40. The van der Waals surface area contributed by atoms with Crippen LogP contribution in [0.25, 0.3) is 0 Å². The minimum absolute atomic E-state index is 0.0181. The minimum Gasteiger partial charge on any atom is -0.326 e. The zero-order chi connectivity index (χ0) is 21.1. The van der Waals surface area contributed by atoms with Crippen LogP contribution in [0.2, 0.25) is 0 Å². The summed E-state index contributed by atoms with van der Waals surface area (Å²) in [7, 11) is 0. The van der Waals surface area contributed by atoms with Gasteiger partial charge in [-0.3, -0.25) is 14.4 Å². The molecule has 1 unspecified atom stereocenters. The molecule has 2 fully saturated rings. The number of thioether (sulfide) groups is 1. The molecule has 1 aliphatic heterocycles. The summed E-state index contributed by atoms with van der Waals surface area (Å²) in [6, 6.07) is 14.8. The van der Waals surface area contributed by atoms with Gasteiger partial charge in [0.2, 0.25) is 11.8 Å². The number of hydrogen-bond acceptors (Lipinski definition) is 5. The zero-order valence-electron chi connectivity index (χ0n) is 16.1. The first-order chi connectivity index (χ1) is 14.5. The van der Waals surface area contributed by atoms with Gasteiger partial charge < -0.3 is 15.5 Å². The predicted molar refractivity (Wildman–Crippen MR) is 115 cm³/mol. The highest BCUT2D eigenvalue weighted by atomic mass is 32.2. The van der Waals surface area contributed by atoms with Crippen LogP contribution in [-0.2, 0) is 9.59 Å². The van der Waals surface area contributed by atoms with Gasteiger partial charge in [-0.05, 0) is 61.4 Å². The fraction of sp³-hybridized carbons (Fsp3) is 0.273. The molecule has 2 aromatic carbocycles. The number of nitrogens with zero attached hydrogens (tertiary/aromatic N) is 2. The van der Waals surface area contributed by atoms with E-state index in [0.717, 1.165) is 12.8 Å². The fourth-order valence-corrected chi connectivity index (χ4v) is 4.32. The maximum atomic E-state index is 13.0. The van der Waals surface area contributed by atoms with Gasteiger partial charge >= 0.3 is 0 Å². The number of rotatable bonds is 5. The third-order valence-corrected chi connectivity index (χ3v) is 6.09. The molecule has 1 heterocycles. The summed E-state index contributed by atoms with van der Waals surface area (Å²) >= 11 is 1.52. The van der Waals surface area contributed by atoms with E-state index in [1.54, 1.807) is 53.4 Å². The molecular weight excluding hydrogens is 400 g/mol. The monoisotopic (exact) mass is 420 g/mol. The molecule has 0 bridgehead atoms. The third-order valence-electron chi connectivity index (χ3n) is 5.07. The van der Waals surface area contributed by atoms with Gasteiger partial charge in [0.15, 0.2) is 0 Å². The molecule has 0 radical (unpaired) electrons. The summed E-state index contributed by atoms with van der Waals surface area (Å²) in [6.45, 7) is 0. The average molecular weight is 420 g/mol. The number of nitrogens with one attached hydrogen (secondary N) is 2. The van der Waals surface area contributed by atoms with Crippen molar-refractivity contribution >= 4 is 40.9 Å². The normalized spacial score (nSPS) is 17.8. The van der Waals surface area contributed by atoms with E-state index in [9.17, 15) is 14.4 Å². The average Bonchev–Trinajstić information content (AvgIpc) is 3.51. The SMILES string of the molecule is N#Cc1ccc(NC(=O)C2CSCN2C(=O)c2ccc(NC(=O)C3CC3)cc2)cc1. The fourth-order valence-electron chi connectivity index (χ4n) is 3.17. The molecule has 1 atom stereocenters. The number of nitriles is 1. The maximum Gasteiger partial charge on any atom is 0.255 e. The van der Waals surface area contributed by atoms with E-state index < -0.39 is 6.04 Å². The molecule has 2 N–H and O–H groups in total. The highest BCUT2D eigenvalue weighted by molar-refractivity contribution is 7.99. The number of carbonyl (C=O) groups excluding carboxylic acids is 3. The molecule has 3 amide bonds. The largest absolute Gasteiger partial charge is 0.326 e. The van der Waals surface area contributed by atoms with Crippen LogP contribution in [0, 0.1) is 17.2 Å². The van der Waals surface area contributed by atoms with Crippen LogP contribution >= 0.6 is 11.8 Å². The second kappa shape index (κ2) is 8.59. The molecule has 2 aromatic rings. The molecular formula is C22H20N4O3S. The van der Waals surface area contributed by atoms with Crippen molar-refractivity contribution < 1.29 is 14.4 Å². The first kappa shape index (κ1) is 20.0. The van der Waals surface area contributed by atoms with E-state index in [1.807, 2.05) is 6.07 Å². The Morgan fingerprint density at radius 1 is 0.933 bits per heavy atom. The summed E-state index contributed by atoms with van der Waals surface area (Å²) in [5.41, 5.74) is 2.23. The van der Waals surface area contributed by atoms with Gasteiger partial charge in [-0.1, -0.05) is 0 Å². The van der Waals surface area contributed by atoms with Gasteiger partial charge in [-0.15, -0.1) is 11.8 Å². The van der Waals surface area contributed by atoms with E-state index in [0.29, 0.717) is 34.1 Å². The lowest BCUT2D eigenvalue weighted by Gasteiger charge is -2.23. The van der Waals surface area contributed by atoms with Crippen molar-refractivity contribution in [3.05, 3.63) is 59.7 Å². The summed E-state index contributed by atoms with van der Waals surface area (Å²) in [5, 5.41) is 14.5. The molecule has 8 heteroatoms. The van der Waals surface area contributed by atoms with E-state index >= 15 is 0 Å². The van der Waals surface area contributed by atoms with Crippen molar-refractivity contribution in [1.29, 1.82) is 5.26 Å². The Kier molecular flexibility index (Phi) is 5.72. The lowest BCUT2D eigenvalue weighted by Crippen LogP contribution is -2.44. The van der Waals surface area contributed by atoms with Gasteiger partial charge in [0.25, 0.3) is 5.91 Å². The van der Waals surface area contributed by atoms with E-state index in [2.05, 4.69) is 10.6 Å². The van der Waals surface area contributed by atoms with E-state index in [4.69, 9.17) is 5.26 Å². The number of anilines is 2. The standard InChI is InChI=1S/C22H20N4O3S/c23-11-14-1-7-17(8-2-14)25-21(28)19-12-30-13-26(19)22(29)16-5-9-18(10-6-16)24-20(27)15-3-4-15/h1-2,5-10,15,19H,3-4,12-13H2,(H,24,27)(H,25,28). The summed E-state index contributed by atoms with van der Waals surface area (Å²) in [6.07, 6.45) is 1.86. The Morgan fingerprint density at radius 2 is 1.53 bits per heavy atom. The lowest BCUT2D eigenvalue weighted by atomic mass is 10.1. The van der Waals surface area contributed by atoms with Crippen molar-refractivity contribution in [3.63, 3.8) is 0 Å². The van der Waals surface area contributed by atoms with Crippen LogP contribution in [0.15, 0.2) is 48.5 Å². The second-order valence-electron chi connectivity index (χ2n) is 7.31. The first-order valence-corrected chi connectivity index (χ1v) is 10.8. The third kappa shape index (κ3) is 4.47. The molecule has 7 nitrogen and oxygen atoms in total. The smallest absolute Gasteiger partial charge is 0.255 e. The Hall–Kier alpha value is -3.31. The molecule has 4 rings (SSSR count). The van der Waals surface area contributed by atoms with Crippen molar-refractivity contribution in [3.8, 4) is 6.07 Å². The number of benzene rings is 2. The van der Waals surface area contributed by atoms with Crippen LogP contribution in [0.3, 0.4) is 0 Å². The summed E-state index contributed by atoms with van der Waals surface area (Å²) < 4.78 is 0. The van der Waals surface area contributed by atoms with Crippen LogP contribution in [0.5, 0.6) is 0 Å². The van der Waals surface area contributed by atoms with Gasteiger partial charge in [0.05, 0.1) is 17.5 Å². The van der Waals surface area contributed by atoms with Crippen molar-refractivity contribution in [2.75, 3.05) is 22.3 Å². The molecule has 2 aliphatic rings. The number of carbonyl (C=O) groups is 3. The Labute approximate surface area is 178 Å². The molecule has 152 valence electrons. The lowest BCUT2D eigenvalue weighted by molar-refractivity contribution is -0.119. The van der Waals surface area contributed by atoms with Gasteiger partial charge in [0.1, 0.15) is 6.04 Å². The van der Waals surface area contributed by atoms with Crippen LogP contribution in [0.1, 0.15) is 28.8 Å². The molecule has 1 saturated heterocycles. The van der Waals surface area contributed by atoms with Crippen molar-refractivity contribution in [2.45, 2.75) is 18.9 Å². The van der Waals surface area contributed by atoms with Crippen molar-refractivity contribution in [2.24, 2.45) is 5.92 Å². The molecule has 30 heavy (non-hydrogen) atoms. The molecule has 0 aromatic heterocycles.